The molecule has 0 aromatic carbocycles. The van der Waals surface area contributed by atoms with Crippen LogP contribution in [-0.2, 0) is 0 Å². The number of hydrogen-bond acceptors (Lipinski definition) is 0. The summed E-state index contributed by atoms with van der Waals surface area (Å²) >= 11 is 0. The summed E-state index contributed by atoms with van der Waals surface area (Å²) in [5.41, 5.74) is 0. The van der Waals surface area contributed by atoms with E-state index in [4.69, 9.17) is 0 Å². The van der Waals surface area contributed by atoms with Gasteiger partial charge in [-0.1, -0.05) is 88.9 Å². The van der Waals surface area contributed by atoms with E-state index in [1.807, 2.05) is 12.2 Å². The van der Waals surface area contributed by atoms with Crippen molar-refractivity contribution in [3.05, 3.63) is 12.2 Å². The molecule has 0 aromatic rings. The van der Waals surface area contributed by atoms with Gasteiger partial charge in [0.1, 0.15) is 0 Å². The van der Waals surface area contributed by atoms with Crippen LogP contribution >= 0.6 is 0 Å². The highest BCUT2D eigenvalue weighted by Gasteiger charge is 2.20. The molecule has 156 valence electrons. The Labute approximate surface area is 176 Å². The van der Waals surface area contributed by atoms with Crippen LogP contribution < -0.4 is 0 Å². The quantitative estimate of drug-likeness (QED) is 0.293. The number of unbranched alkanes of at least 4 members (excludes halogenated alkanes) is 4. The Hall–Kier alpha value is -1.14. The molecule has 0 aliphatic heterocycles. The monoisotopic (exact) mass is 380 g/mol. The molecule has 0 amide bonds. The molecule has 2 aliphatic carbocycles. The van der Waals surface area contributed by atoms with Crippen LogP contribution in [0.3, 0.4) is 0 Å². The molecule has 0 saturated heterocycles. The van der Waals surface area contributed by atoms with Crippen molar-refractivity contribution in [1.82, 2.24) is 0 Å². The fourth-order valence-electron chi connectivity index (χ4n) is 4.96. The van der Waals surface area contributed by atoms with Gasteiger partial charge in [0.15, 0.2) is 0 Å². The standard InChI is InChI=1S/C28H44/c1-3-5-7-10-14-26-21-23-28(24-22-26)16-12-9-8-11-15-27-19-17-25(18-20-27)13-6-4-2/h8-9,25-28H,3-7,10,13-14,17-24H2,1-2H3/b9-8+. The summed E-state index contributed by atoms with van der Waals surface area (Å²) in [5, 5.41) is 0. The Balaban J connectivity index is 1.57. The molecule has 0 radical (unpaired) electrons. The average Bonchev–Trinajstić information content (AvgIpc) is 2.74. The first-order valence-corrected chi connectivity index (χ1v) is 12.5. The largest absolute Gasteiger partial charge is 0.0951 e. The Morgan fingerprint density at radius 2 is 1.04 bits per heavy atom. The average molecular weight is 381 g/mol. The first-order valence-electron chi connectivity index (χ1n) is 12.5. The molecule has 2 fully saturated rings. The van der Waals surface area contributed by atoms with Gasteiger partial charge in [-0.05, 0) is 75.4 Å². The van der Waals surface area contributed by atoms with E-state index in [1.54, 1.807) is 0 Å². The van der Waals surface area contributed by atoms with E-state index in [2.05, 4.69) is 37.5 Å². The van der Waals surface area contributed by atoms with Gasteiger partial charge in [0.25, 0.3) is 0 Å². The van der Waals surface area contributed by atoms with Gasteiger partial charge in [0, 0.05) is 11.8 Å². The van der Waals surface area contributed by atoms with Crippen molar-refractivity contribution in [2.75, 3.05) is 0 Å². The van der Waals surface area contributed by atoms with Crippen LogP contribution in [-0.4, -0.2) is 0 Å². The van der Waals surface area contributed by atoms with E-state index in [-0.39, 0.29) is 0 Å². The fourth-order valence-corrected chi connectivity index (χ4v) is 4.96. The molecule has 2 saturated carbocycles. The van der Waals surface area contributed by atoms with Crippen molar-refractivity contribution in [3.8, 4) is 23.7 Å². The highest BCUT2D eigenvalue weighted by atomic mass is 14.2. The van der Waals surface area contributed by atoms with E-state index in [1.165, 1.54) is 103 Å². The summed E-state index contributed by atoms with van der Waals surface area (Å²) in [5.74, 6) is 16.7. The summed E-state index contributed by atoms with van der Waals surface area (Å²) in [4.78, 5) is 0. The summed E-state index contributed by atoms with van der Waals surface area (Å²) in [6.07, 6.45) is 26.1. The van der Waals surface area contributed by atoms with E-state index in [0.717, 1.165) is 11.8 Å². The second-order valence-electron chi connectivity index (χ2n) is 9.34. The molecule has 0 heteroatoms. The molecule has 0 spiro atoms. The normalized spacial score (nSPS) is 27.6. The van der Waals surface area contributed by atoms with Gasteiger partial charge in [-0.2, -0.15) is 0 Å². The third kappa shape index (κ3) is 9.87. The third-order valence-corrected chi connectivity index (χ3v) is 6.95. The molecular formula is C28H44. The zero-order chi connectivity index (χ0) is 19.9. The second kappa shape index (κ2) is 14.8. The lowest BCUT2D eigenvalue weighted by molar-refractivity contribution is 0.294. The van der Waals surface area contributed by atoms with Crippen LogP contribution in [0, 0.1) is 47.4 Å². The lowest BCUT2D eigenvalue weighted by Gasteiger charge is -2.25. The van der Waals surface area contributed by atoms with E-state index in [9.17, 15) is 0 Å². The van der Waals surface area contributed by atoms with Crippen molar-refractivity contribution >= 4 is 0 Å². The molecule has 0 unspecified atom stereocenters. The third-order valence-electron chi connectivity index (χ3n) is 6.95. The predicted octanol–water partition coefficient (Wildman–Crippen LogP) is 8.32. The summed E-state index contributed by atoms with van der Waals surface area (Å²) < 4.78 is 0. The molecular weight excluding hydrogens is 336 g/mol. The highest BCUT2D eigenvalue weighted by Crippen LogP contribution is 2.32. The topological polar surface area (TPSA) is 0 Å². The number of hydrogen-bond donors (Lipinski definition) is 0. The Kier molecular flexibility index (Phi) is 12.2. The molecule has 2 rings (SSSR count). The van der Waals surface area contributed by atoms with E-state index >= 15 is 0 Å². The molecule has 0 aromatic heterocycles. The maximum atomic E-state index is 3.48. The van der Waals surface area contributed by atoms with Crippen molar-refractivity contribution in [2.45, 2.75) is 117 Å². The minimum atomic E-state index is 0.628. The smallest absolute Gasteiger partial charge is 0.0206 e. The van der Waals surface area contributed by atoms with Gasteiger partial charge < -0.3 is 0 Å². The van der Waals surface area contributed by atoms with Crippen LogP contribution in [0.5, 0.6) is 0 Å². The molecule has 0 N–H and O–H groups in total. The van der Waals surface area contributed by atoms with Crippen LogP contribution in [0.15, 0.2) is 12.2 Å². The van der Waals surface area contributed by atoms with E-state index in [0.29, 0.717) is 11.8 Å². The fraction of sp³-hybridized carbons (Fsp3) is 0.786. The van der Waals surface area contributed by atoms with Gasteiger partial charge >= 0.3 is 0 Å². The molecule has 0 bridgehead atoms. The van der Waals surface area contributed by atoms with Gasteiger partial charge in [-0.25, -0.2) is 0 Å². The van der Waals surface area contributed by atoms with Crippen LogP contribution in [0.4, 0.5) is 0 Å². The molecule has 2 aliphatic rings. The van der Waals surface area contributed by atoms with Crippen molar-refractivity contribution in [2.24, 2.45) is 23.7 Å². The van der Waals surface area contributed by atoms with Gasteiger partial charge in [0.2, 0.25) is 0 Å². The van der Waals surface area contributed by atoms with Crippen molar-refractivity contribution in [1.29, 1.82) is 0 Å². The predicted molar refractivity (Wildman–Crippen MR) is 124 cm³/mol. The highest BCUT2D eigenvalue weighted by molar-refractivity contribution is 5.26. The molecule has 28 heavy (non-hydrogen) atoms. The lowest BCUT2D eigenvalue weighted by Crippen LogP contribution is -2.13. The van der Waals surface area contributed by atoms with Gasteiger partial charge in [-0.15, -0.1) is 0 Å². The summed E-state index contributed by atoms with van der Waals surface area (Å²) in [6.45, 7) is 4.59. The summed E-state index contributed by atoms with van der Waals surface area (Å²) in [7, 11) is 0. The minimum Gasteiger partial charge on any atom is -0.0951 e. The van der Waals surface area contributed by atoms with Crippen molar-refractivity contribution < 1.29 is 0 Å². The first-order chi connectivity index (χ1) is 13.8. The van der Waals surface area contributed by atoms with Gasteiger partial charge in [0.05, 0.1) is 0 Å². The van der Waals surface area contributed by atoms with Crippen molar-refractivity contribution in [3.63, 3.8) is 0 Å². The zero-order valence-corrected chi connectivity index (χ0v) is 18.8. The summed E-state index contributed by atoms with van der Waals surface area (Å²) in [6, 6.07) is 0. The first kappa shape index (κ1) is 23.1. The van der Waals surface area contributed by atoms with Crippen LogP contribution in [0.25, 0.3) is 0 Å². The molecule has 0 heterocycles. The Morgan fingerprint density at radius 3 is 1.50 bits per heavy atom. The number of allylic oxidation sites excluding steroid dienone is 2. The van der Waals surface area contributed by atoms with Crippen LogP contribution in [0.1, 0.15) is 117 Å². The zero-order valence-electron chi connectivity index (χ0n) is 18.8. The van der Waals surface area contributed by atoms with E-state index < -0.39 is 0 Å². The Morgan fingerprint density at radius 1 is 0.571 bits per heavy atom. The molecule has 0 atom stereocenters. The number of rotatable bonds is 8. The second-order valence-corrected chi connectivity index (χ2v) is 9.34. The maximum absolute atomic E-state index is 3.48. The Bertz CT molecular complexity index is 530. The van der Waals surface area contributed by atoms with Gasteiger partial charge in [-0.3, -0.25) is 0 Å². The maximum Gasteiger partial charge on any atom is 0.0206 e. The lowest BCUT2D eigenvalue weighted by atomic mass is 9.80. The minimum absolute atomic E-state index is 0.628. The SMILES string of the molecule is CCCCCCC1CCC(C#C/C=C/C#CC2CCC(CCCC)CC2)CC1. The van der Waals surface area contributed by atoms with Crippen LogP contribution in [0.2, 0.25) is 0 Å². The molecule has 0 nitrogen and oxygen atoms in total.